The molecule has 0 spiro atoms. The van der Waals surface area contributed by atoms with E-state index >= 15 is 0 Å². The summed E-state index contributed by atoms with van der Waals surface area (Å²) in [5.74, 6) is 0.269. The molecule has 3 N–H and O–H groups in total. The van der Waals surface area contributed by atoms with Gasteiger partial charge in [0.15, 0.2) is 17.4 Å². The number of ether oxygens (including phenoxy) is 1. The fourth-order valence-corrected chi connectivity index (χ4v) is 2.22. The predicted molar refractivity (Wildman–Crippen MR) is 85.7 cm³/mol. The van der Waals surface area contributed by atoms with Crippen molar-refractivity contribution in [3.05, 3.63) is 35.8 Å². The van der Waals surface area contributed by atoms with Gasteiger partial charge in [-0.05, 0) is 44.4 Å². The zero-order valence-electron chi connectivity index (χ0n) is 13.0. The summed E-state index contributed by atoms with van der Waals surface area (Å²) in [5, 5.41) is 20.7. The van der Waals surface area contributed by atoms with E-state index in [0.717, 1.165) is 5.69 Å². The fourth-order valence-electron chi connectivity index (χ4n) is 2.22. The molecule has 7 heteroatoms. The minimum atomic E-state index is -0.712. The van der Waals surface area contributed by atoms with Crippen molar-refractivity contribution in [2.24, 2.45) is 0 Å². The number of fused-ring (bicyclic) bond motifs is 1. The summed E-state index contributed by atoms with van der Waals surface area (Å²) in [4.78, 5) is 4.38. The highest BCUT2D eigenvalue weighted by Crippen LogP contribution is 2.32. The fraction of sp³-hybridized carbons (Fsp3) is 0.250. The number of nitrogens with zero attached hydrogens (tertiary/aromatic N) is 2. The zero-order valence-corrected chi connectivity index (χ0v) is 13.0. The molecule has 0 atom stereocenters. The molecule has 0 saturated carbocycles. The second kappa shape index (κ2) is 5.75. The lowest BCUT2D eigenvalue weighted by atomic mass is 10.1. The average molecular weight is 316 g/mol. The van der Waals surface area contributed by atoms with E-state index < -0.39 is 11.6 Å². The third-order valence-corrected chi connectivity index (χ3v) is 3.17. The number of phenols is 1. The SMILES string of the molecule is Cc1cc(Nc2cc3cc(O)c(F)cc3c(OC(C)C)n2)n[nH]1. The van der Waals surface area contributed by atoms with E-state index in [0.29, 0.717) is 28.3 Å². The molecule has 0 saturated heterocycles. The molecular formula is C16H17FN4O2. The number of aromatic nitrogens is 3. The largest absolute Gasteiger partial charge is 0.505 e. The van der Waals surface area contributed by atoms with Crippen LogP contribution in [0.3, 0.4) is 0 Å². The van der Waals surface area contributed by atoms with Crippen molar-refractivity contribution in [1.82, 2.24) is 15.2 Å². The first-order valence-corrected chi connectivity index (χ1v) is 7.21. The maximum atomic E-state index is 13.7. The molecule has 0 aliphatic carbocycles. The number of anilines is 2. The molecule has 1 aromatic carbocycles. The van der Waals surface area contributed by atoms with Crippen molar-refractivity contribution in [2.45, 2.75) is 26.9 Å². The van der Waals surface area contributed by atoms with E-state index in [2.05, 4.69) is 20.5 Å². The standard InChI is InChI=1S/C16H17FN4O2/c1-8(2)23-16-11-7-12(17)13(22)5-10(11)6-14(19-16)18-15-4-9(3)20-21-15/h4-8,22H,1-3H3,(H2,18,19,20,21). The Morgan fingerprint density at radius 1 is 1.22 bits per heavy atom. The van der Waals surface area contributed by atoms with E-state index in [-0.39, 0.29) is 6.10 Å². The molecule has 120 valence electrons. The monoisotopic (exact) mass is 316 g/mol. The van der Waals surface area contributed by atoms with Crippen LogP contribution in [0.2, 0.25) is 0 Å². The van der Waals surface area contributed by atoms with Crippen LogP contribution in [0.5, 0.6) is 11.6 Å². The molecule has 0 fully saturated rings. The summed E-state index contributed by atoms with van der Waals surface area (Å²) in [5.41, 5.74) is 0.909. The van der Waals surface area contributed by atoms with E-state index in [4.69, 9.17) is 4.74 Å². The van der Waals surface area contributed by atoms with Gasteiger partial charge in [-0.3, -0.25) is 5.10 Å². The third kappa shape index (κ3) is 3.18. The minimum absolute atomic E-state index is 0.120. The van der Waals surface area contributed by atoms with Gasteiger partial charge in [-0.25, -0.2) is 4.39 Å². The van der Waals surface area contributed by atoms with Gasteiger partial charge in [-0.1, -0.05) is 0 Å². The molecular weight excluding hydrogens is 299 g/mol. The smallest absolute Gasteiger partial charge is 0.223 e. The Balaban J connectivity index is 2.09. The molecule has 0 aliphatic heterocycles. The lowest BCUT2D eigenvalue weighted by Gasteiger charge is -2.14. The molecule has 23 heavy (non-hydrogen) atoms. The lowest BCUT2D eigenvalue weighted by molar-refractivity contribution is 0.236. The topological polar surface area (TPSA) is 83.1 Å². The summed E-state index contributed by atoms with van der Waals surface area (Å²) in [6, 6.07) is 6.10. The van der Waals surface area contributed by atoms with E-state index in [1.165, 1.54) is 12.1 Å². The predicted octanol–water partition coefficient (Wildman–Crippen LogP) is 3.64. The van der Waals surface area contributed by atoms with Gasteiger partial charge in [0.2, 0.25) is 5.88 Å². The van der Waals surface area contributed by atoms with Crippen LogP contribution in [0.1, 0.15) is 19.5 Å². The summed E-state index contributed by atoms with van der Waals surface area (Å²) in [7, 11) is 0. The molecule has 2 heterocycles. The van der Waals surface area contributed by atoms with Crippen molar-refractivity contribution >= 4 is 22.4 Å². The number of pyridine rings is 1. The van der Waals surface area contributed by atoms with Crippen molar-refractivity contribution in [1.29, 1.82) is 0 Å². The maximum absolute atomic E-state index is 13.7. The van der Waals surface area contributed by atoms with Gasteiger partial charge in [0.25, 0.3) is 0 Å². The molecule has 0 radical (unpaired) electrons. The molecule has 0 amide bonds. The van der Waals surface area contributed by atoms with Crippen LogP contribution in [0.15, 0.2) is 24.3 Å². The van der Waals surface area contributed by atoms with Crippen LogP contribution in [-0.2, 0) is 0 Å². The lowest BCUT2D eigenvalue weighted by Crippen LogP contribution is -2.08. The summed E-state index contributed by atoms with van der Waals surface area (Å²) in [6.07, 6.45) is -0.120. The number of benzene rings is 1. The Kier molecular flexibility index (Phi) is 3.77. The van der Waals surface area contributed by atoms with Gasteiger partial charge in [0.1, 0.15) is 5.82 Å². The molecule has 0 aliphatic rings. The molecule has 6 nitrogen and oxygen atoms in total. The van der Waals surface area contributed by atoms with Crippen molar-refractivity contribution in [2.75, 3.05) is 5.32 Å². The number of hydrogen-bond donors (Lipinski definition) is 3. The van der Waals surface area contributed by atoms with E-state index in [1.54, 1.807) is 6.07 Å². The van der Waals surface area contributed by atoms with Crippen LogP contribution in [0.4, 0.5) is 16.0 Å². The Labute approximate surface area is 132 Å². The Morgan fingerprint density at radius 2 is 2.00 bits per heavy atom. The Hall–Kier alpha value is -2.83. The van der Waals surface area contributed by atoms with Gasteiger partial charge in [0, 0.05) is 17.1 Å². The quantitative estimate of drug-likeness (QED) is 0.684. The summed E-state index contributed by atoms with van der Waals surface area (Å²) < 4.78 is 19.3. The zero-order chi connectivity index (χ0) is 16.6. The summed E-state index contributed by atoms with van der Waals surface area (Å²) >= 11 is 0. The first-order chi connectivity index (χ1) is 10.9. The number of H-pyrrole nitrogens is 1. The number of hydrogen-bond acceptors (Lipinski definition) is 5. The number of aryl methyl sites for hydroxylation is 1. The number of aromatic hydroxyl groups is 1. The van der Waals surface area contributed by atoms with Crippen LogP contribution in [0.25, 0.3) is 10.8 Å². The number of nitrogens with one attached hydrogen (secondary N) is 2. The van der Waals surface area contributed by atoms with E-state index in [9.17, 15) is 9.50 Å². The summed E-state index contributed by atoms with van der Waals surface area (Å²) in [6.45, 7) is 5.61. The molecule has 0 bridgehead atoms. The first kappa shape index (κ1) is 15.1. The minimum Gasteiger partial charge on any atom is -0.505 e. The third-order valence-electron chi connectivity index (χ3n) is 3.17. The highest BCUT2D eigenvalue weighted by Gasteiger charge is 2.13. The van der Waals surface area contributed by atoms with Crippen molar-refractivity contribution in [3.8, 4) is 11.6 Å². The van der Waals surface area contributed by atoms with Crippen molar-refractivity contribution < 1.29 is 14.2 Å². The van der Waals surface area contributed by atoms with Gasteiger partial charge in [-0.15, -0.1) is 0 Å². The van der Waals surface area contributed by atoms with Crippen molar-refractivity contribution in [3.63, 3.8) is 0 Å². The first-order valence-electron chi connectivity index (χ1n) is 7.21. The number of phenolic OH excluding ortho intramolecular Hbond substituents is 1. The second-order valence-corrected chi connectivity index (χ2v) is 5.57. The molecule has 3 rings (SSSR count). The highest BCUT2D eigenvalue weighted by atomic mass is 19.1. The maximum Gasteiger partial charge on any atom is 0.223 e. The highest BCUT2D eigenvalue weighted by molar-refractivity contribution is 5.90. The number of aromatic amines is 1. The van der Waals surface area contributed by atoms with Crippen LogP contribution >= 0.6 is 0 Å². The van der Waals surface area contributed by atoms with Gasteiger partial charge in [0.05, 0.1) is 6.10 Å². The van der Waals surface area contributed by atoms with Gasteiger partial charge >= 0.3 is 0 Å². The van der Waals surface area contributed by atoms with Gasteiger partial charge < -0.3 is 15.2 Å². The van der Waals surface area contributed by atoms with Gasteiger partial charge in [-0.2, -0.15) is 10.1 Å². The van der Waals surface area contributed by atoms with Crippen LogP contribution in [0, 0.1) is 12.7 Å². The number of rotatable bonds is 4. The molecule has 3 aromatic rings. The molecule has 0 unspecified atom stereocenters. The van der Waals surface area contributed by atoms with Crippen LogP contribution in [-0.4, -0.2) is 26.4 Å². The Bertz CT molecular complexity index is 861. The average Bonchev–Trinajstić information content (AvgIpc) is 2.86. The van der Waals surface area contributed by atoms with E-state index in [1.807, 2.05) is 26.8 Å². The molecule has 2 aromatic heterocycles. The second-order valence-electron chi connectivity index (χ2n) is 5.57. The van der Waals surface area contributed by atoms with Crippen LogP contribution < -0.4 is 10.1 Å². The Morgan fingerprint density at radius 3 is 2.65 bits per heavy atom. The number of halogens is 1. The normalized spacial score (nSPS) is 11.2.